The highest BCUT2D eigenvalue weighted by Gasteiger charge is 2.04. The van der Waals surface area contributed by atoms with Crippen LogP contribution in [0.4, 0.5) is 0 Å². The van der Waals surface area contributed by atoms with Crippen LogP contribution in [-0.4, -0.2) is 30.8 Å². The molecule has 0 heterocycles. The van der Waals surface area contributed by atoms with Crippen LogP contribution in [0.25, 0.3) is 0 Å². The van der Waals surface area contributed by atoms with Gasteiger partial charge in [-0.3, -0.25) is 9.59 Å². The predicted octanol–water partition coefficient (Wildman–Crippen LogP) is 1.08. The summed E-state index contributed by atoms with van der Waals surface area (Å²) in [5, 5.41) is 5.27. The van der Waals surface area contributed by atoms with E-state index in [9.17, 15) is 9.59 Å². The fourth-order valence-corrected chi connectivity index (χ4v) is 1.41. The largest absolute Gasteiger partial charge is 0.353 e. The number of halogens is 1. The van der Waals surface area contributed by atoms with Crippen LogP contribution in [0.3, 0.4) is 0 Å². The zero-order chi connectivity index (χ0) is 12.7. The van der Waals surface area contributed by atoms with Gasteiger partial charge < -0.3 is 10.6 Å². The topological polar surface area (TPSA) is 58.2 Å². The number of hydrogen-bond acceptors (Lipinski definition) is 2. The van der Waals surface area contributed by atoms with E-state index in [2.05, 4.69) is 10.6 Å². The van der Waals surface area contributed by atoms with Crippen LogP contribution in [0.2, 0.25) is 0 Å². The number of hydrogen-bond donors (Lipinski definition) is 2. The number of carbonyl (C=O) groups excluding carboxylic acids is 2. The van der Waals surface area contributed by atoms with Crippen LogP contribution in [-0.2, 0) is 4.79 Å². The van der Waals surface area contributed by atoms with Gasteiger partial charge in [-0.1, -0.05) is 17.7 Å². The molecule has 0 spiro atoms. The fourth-order valence-electron chi connectivity index (χ4n) is 1.31. The quantitative estimate of drug-likeness (QED) is 0.610. The van der Waals surface area contributed by atoms with Gasteiger partial charge in [0.1, 0.15) is 5.88 Å². The summed E-state index contributed by atoms with van der Waals surface area (Å²) in [6, 6.07) is 7.32. The Hall–Kier alpha value is -1.55. The van der Waals surface area contributed by atoms with Gasteiger partial charge in [-0.2, -0.15) is 0 Å². The van der Waals surface area contributed by atoms with E-state index in [4.69, 9.17) is 11.6 Å². The standard InChI is InChI=1S/C12H15ClN2O2/c1-9-3-2-4-10(7-9)12(17)15-6-5-14-11(16)8-13/h2-4,7H,5-6,8H2,1H3,(H,14,16)(H,15,17). The molecule has 1 rings (SSSR count). The van der Waals surface area contributed by atoms with Crippen molar-refractivity contribution in [2.75, 3.05) is 19.0 Å². The van der Waals surface area contributed by atoms with E-state index in [1.165, 1.54) is 0 Å². The van der Waals surface area contributed by atoms with Crippen LogP contribution >= 0.6 is 11.6 Å². The lowest BCUT2D eigenvalue weighted by Gasteiger charge is -2.06. The lowest BCUT2D eigenvalue weighted by molar-refractivity contribution is -0.118. The minimum absolute atomic E-state index is 0.0637. The second kappa shape index (κ2) is 6.91. The molecular weight excluding hydrogens is 240 g/mol. The molecule has 4 nitrogen and oxygen atoms in total. The normalized spacial score (nSPS) is 9.76. The Labute approximate surface area is 105 Å². The van der Waals surface area contributed by atoms with Crippen molar-refractivity contribution >= 4 is 23.4 Å². The van der Waals surface area contributed by atoms with Gasteiger partial charge >= 0.3 is 0 Å². The molecule has 0 aliphatic rings. The Kier molecular flexibility index (Phi) is 5.49. The Balaban J connectivity index is 2.33. The van der Waals surface area contributed by atoms with E-state index in [1.807, 2.05) is 25.1 Å². The Morgan fingerprint density at radius 3 is 2.59 bits per heavy atom. The molecule has 0 unspecified atom stereocenters. The Morgan fingerprint density at radius 1 is 1.24 bits per heavy atom. The van der Waals surface area contributed by atoms with E-state index in [0.29, 0.717) is 18.7 Å². The predicted molar refractivity (Wildman–Crippen MR) is 67.2 cm³/mol. The first-order chi connectivity index (χ1) is 8.13. The number of rotatable bonds is 5. The summed E-state index contributed by atoms with van der Waals surface area (Å²) in [5.74, 6) is -0.448. The van der Waals surface area contributed by atoms with Gasteiger partial charge in [0.05, 0.1) is 0 Å². The SMILES string of the molecule is Cc1cccc(C(=O)NCCNC(=O)CCl)c1. The summed E-state index contributed by atoms with van der Waals surface area (Å²) in [7, 11) is 0. The number of nitrogens with one attached hydrogen (secondary N) is 2. The number of amides is 2. The maximum absolute atomic E-state index is 11.7. The van der Waals surface area contributed by atoms with Gasteiger partial charge in [0.15, 0.2) is 0 Å². The highest BCUT2D eigenvalue weighted by molar-refractivity contribution is 6.27. The van der Waals surface area contributed by atoms with Gasteiger partial charge in [0.25, 0.3) is 5.91 Å². The van der Waals surface area contributed by atoms with Crippen LogP contribution in [0.5, 0.6) is 0 Å². The number of aryl methyl sites for hydroxylation is 1. The maximum Gasteiger partial charge on any atom is 0.251 e. The van der Waals surface area contributed by atoms with Crippen LogP contribution in [0.15, 0.2) is 24.3 Å². The second-order valence-electron chi connectivity index (χ2n) is 3.61. The van der Waals surface area contributed by atoms with Crippen molar-refractivity contribution < 1.29 is 9.59 Å². The van der Waals surface area contributed by atoms with Crippen molar-refractivity contribution in [1.29, 1.82) is 0 Å². The molecule has 0 aliphatic carbocycles. The summed E-state index contributed by atoms with van der Waals surface area (Å²) >= 11 is 5.31. The number of benzene rings is 1. The Bertz CT molecular complexity index is 407. The van der Waals surface area contributed by atoms with Gasteiger partial charge in [-0.05, 0) is 19.1 Å². The molecule has 0 saturated heterocycles. The third-order valence-electron chi connectivity index (χ3n) is 2.13. The smallest absolute Gasteiger partial charge is 0.251 e. The van der Waals surface area contributed by atoms with E-state index in [1.54, 1.807) is 6.07 Å². The molecular formula is C12H15ClN2O2. The lowest BCUT2D eigenvalue weighted by atomic mass is 10.1. The van der Waals surface area contributed by atoms with Crippen molar-refractivity contribution in [3.8, 4) is 0 Å². The van der Waals surface area contributed by atoms with Crippen molar-refractivity contribution in [3.05, 3.63) is 35.4 Å². The molecule has 0 aromatic heterocycles. The molecule has 92 valence electrons. The monoisotopic (exact) mass is 254 g/mol. The first kappa shape index (κ1) is 13.5. The van der Waals surface area contributed by atoms with Gasteiger partial charge in [-0.15, -0.1) is 11.6 Å². The fraction of sp³-hybridized carbons (Fsp3) is 0.333. The molecule has 1 aromatic rings. The molecule has 0 aliphatic heterocycles. The molecule has 0 bridgehead atoms. The number of carbonyl (C=O) groups is 2. The summed E-state index contributed by atoms with van der Waals surface area (Å²) in [6.07, 6.45) is 0. The van der Waals surface area contributed by atoms with Gasteiger partial charge in [0, 0.05) is 18.7 Å². The van der Waals surface area contributed by atoms with Crippen molar-refractivity contribution in [3.63, 3.8) is 0 Å². The average molecular weight is 255 g/mol. The van der Waals surface area contributed by atoms with E-state index >= 15 is 0 Å². The first-order valence-electron chi connectivity index (χ1n) is 5.31. The highest BCUT2D eigenvalue weighted by Crippen LogP contribution is 2.03. The van der Waals surface area contributed by atoms with Gasteiger partial charge in [0.2, 0.25) is 5.91 Å². The molecule has 1 aromatic carbocycles. The molecule has 0 radical (unpaired) electrons. The van der Waals surface area contributed by atoms with Gasteiger partial charge in [-0.25, -0.2) is 0 Å². The summed E-state index contributed by atoms with van der Waals surface area (Å²) in [6.45, 7) is 2.69. The van der Waals surface area contributed by atoms with Crippen molar-refractivity contribution in [2.24, 2.45) is 0 Å². The zero-order valence-electron chi connectivity index (χ0n) is 9.63. The van der Waals surface area contributed by atoms with Crippen LogP contribution < -0.4 is 10.6 Å². The summed E-state index contributed by atoms with van der Waals surface area (Å²) in [5.41, 5.74) is 1.65. The van der Waals surface area contributed by atoms with Crippen LogP contribution in [0.1, 0.15) is 15.9 Å². The van der Waals surface area contributed by atoms with Crippen molar-refractivity contribution in [2.45, 2.75) is 6.92 Å². The highest BCUT2D eigenvalue weighted by atomic mass is 35.5. The third kappa shape index (κ3) is 4.87. The first-order valence-corrected chi connectivity index (χ1v) is 5.84. The lowest BCUT2D eigenvalue weighted by Crippen LogP contribution is -2.35. The van der Waals surface area contributed by atoms with Crippen molar-refractivity contribution in [1.82, 2.24) is 10.6 Å². The molecule has 0 fully saturated rings. The Morgan fingerprint density at radius 2 is 1.94 bits per heavy atom. The summed E-state index contributed by atoms with van der Waals surface area (Å²) < 4.78 is 0. The maximum atomic E-state index is 11.7. The molecule has 0 atom stereocenters. The third-order valence-corrected chi connectivity index (χ3v) is 2.38. The zero-order valence-corrected chi connectivity index (χ0v) is 10.4. The molecule has 0 saturated carbocycles. The molecule has 2 N–H and O–H groups in total. The number of alkyl halides is 1. The average Bonchev–Trinajstić information content (AvgIpc) is 2.34. The minimum Gasteiger partial charge on any atom is -0.353 e. The molecule has 5 heteroatoms. The van der Waals surface area contributed by atoms with Crippen LogP contribution in [0, 0.1) is 6.92 Å². The van der Waals surface area contributed by atoms with E-state index in [-0.39, 0.29) is 17.7 Å². The van der Waals surface area contributed by atoms with E-state index < -0.39 is 0 Å². The second-order valence-corrected chi connectivity index (χ2v) is 3.88. The molecule has 17 heavy (non-hydrogen) atoms. The molecule has 2 amide bonds. The minimum atomic E-state index is -0.239. The van der Waals surface area contributed by atoms with E-state index in [0.717, 1.165) is 5.56 Å². The summed E-state index contributed by atoms with van der Waals surface area (Å²) in [4.78, 5) is 22.5.